The molecule has 6 heteroatoms. The third-order valence-corrected chi connectivity index (χ3v) is 3.10. The van der Waals surface area contributed by atoms with Crippen molar-refractivity contribution in [3.05, 3.63) is 59.7 Å². The van der Waals surface area contributed by atoms with Crippen LogP contribution in [0.25, 0.3) is 6.08 Å². The number of carbonyl (C=O) groups excluding carboxylic acids is 1. The van der Waals surface area contributed by atoms with Gasteiger partial charge in [-0.15, -0.1) is 0 Å². The van der Waals surface area contributed by atoms with Crippen LogP contribution in [0.1, 0.15) is 11.1 Å². The largest absolute Gasteiger partial charge is 0.493 e. The van der Waals surface area contributed by atoms with E-state index < -0.39 is 5.97 Å². The number of hydrogen-bond donors (Lipinski definition) is 0. The van der Waals surface area contributed by atoms with Gasteiger partial charge in [0.05, 0.1) is 18.7 Å². The Hall–Kier alpha value is -3.77. The second kappa shape index (κ2) is 8.76. The van der Waals surface area contributed by atoms with Crippen LogP contribution in [0.5, 0.6) is 17.2 Å². The molecule has 0 bridgehead atoms. The van der Waals surface area contributed by atoms with Crippen molar-refractivity contribution in [2.45, 2.75) is 0 Å². The third kappa shape index (κ3) is 5.12. The summed E-state index contributed by atoms with van der Waals surface area (Å²) in [6, 6.07) is 15.3. The SMILES string of the molecule is COc1cc(C#N)ccc1OC(=O)/C=C/c1ccc(OCC#N)cc1. The van der Waals surface area contributed by atoms with Gasteiger partial charge < -0.3 is 14.2 Å². The smallest absolute Gasteiger partial charge is 0.336 e. The molecule has 0 amide bonds. The van der Waals surface area contributed by atoms with Gasteiger partial charge >= 0.3 is 5.97 Å². The first kappa shape index (κ1) is 17.6. The van der Waals surface area contributed by atoms with Crippen molar-refractivity contribution in [3.8, 4) is 29.4 Å². The molecule has 0 radical (unpaired) electrons. The number of nitriles is 2. The van der Waals surface area contributed by atoms with Gasteiger partial charge in [-0.1, -0.05) is 12.1 Å². The fourth-order valence-corrected chi connectivity index (χ4v) is 1.92. The molecule has 0 heterocycles. The quantitative estimate of drug-likeness (QED) is 0.458. The predicted octanol–water partition coefficient (Wildman–Crippen LogP) is 3.09. The average Bonchev–Trinajstić information content (AvgIpc) is 2.65. The Kier molecular flexibility index (Phi) is 6.16. The lowest BCUT2D eigenvalue weighted by Gasteiger charge is -2.07. The molecule has 0 spiro atoms. The van der Waals surface area contributed by atoms with Gasteiger partial charge in [-0.25, -0.2) is 4.79 Å². The molecule has 0 fully saturated rings. The molecule has 0 aliphatic heterocycles. The molecule has 0 saturated heterocycles. The zero-order valence-corrected chi connectivity index (χ0v) is 13.4. The molecule has 2 aromatic rings. The highest BCUT2D eigenvalue weighted by Gasteiger charge is 2.09. The van der Waals surface area contributed by atoms with Crippen molar-refractivity contribution in [3.63, 3.8) is 0 Å². The highest BCUT2D eigenvalue weighted by atomic mass is 16.6. The van der Waals surface area contributed by atoms with Crippen LogP contribution in [-0.4, -0.2) is 19.7 Å². The van der Waals surface area contributed by atoms with Crippen LogP contribution in [0, 0.1) is 22.7 Å². The Morgan fingerprint density at radius 2 is 1.88 bits per heavy atom. The number of benzene rings is 2. The lowest BCUT2D eigenvalue weighted by atomic mass is 10.2. The van der Waals surface area contributed by atoms with Crippen LogP contribution in [0.15, 0.2) is 48.5 Å². The number of methoxy groups -OCH3 is 1. The van der Waals surface area contributed by atoms with Gasteiger partial charge in [0.25, 0.3) is 0 Å². The first-order valence-electron chi connectivity index (χ1n) is 7.24. The highest BCUT2D eigenvalue weighted by Crippen LogP contribution is 2.28. The number of nitrogens with zero attached hydrogens (tertiary/aromatic N) is 2. The third-order valence-electron chi connectivity index (χ3n) is 3.10. The summed E-state index contributed by atoms with van der Waals surface area (Å²) < 4.78 is 15.5. The normalized spacial score (nSPS) is 9.88. The first-order valence-corrected chi connectivity index (χ1v) is 7.24. The summed E-state index contributed by atoms with van der Waals surface area (Å²) in [6.45, 7) is -0.0199. The van der Waals surface area contributed by atoms with Crippen molar-refractivity contribution in [2.75, 3.05) is 13.7 Å². The molecule has 0 N–H and O–H groups in total. The van der Waals surface area contributed by atoms with Crippen LogP contribution in [0.2, 0.25) is 0 Å². The van der Waals surface area contributed by atoms with E-state index in [1.807, 2.05) is 12.1 Å². The van der Waals surface area contributed by atoms with E-state index in [2.05, 4.69) is 0 Å². The van der Waals surface area contributed by atoms with Crippen molar-refractivity contribution in [2.24, 2.45) is 0 Å². The van der Waals surface area contributed by atoms with E-state index in [0.717, 1.165) is 5.56 Å². The van der Waals surface area contributed by atoms with E-state index in [-0.39, 0.29) is 12.4 Å². The number of esters is 1. The molecule has 0 aliphatic rings. The molecule has 124 valence electrons. The summed E-state index contributed by atoms with van der Waals surface area (Å²) in [6.07, 6.45) is 2.87. The lowest BCUT2D eigenvalue weighted by molar-refractivity contribution is -0.129. The molecule has 6 nitrogen and oxygen atoms in total. The monoisotopic (exact) mass is 334 g/mol. The van der Waals surface area contributed by atoms with E-state index in [1.54, 1.807) is 30.3 Å². The van der Waals surface area contributed by atoms with Gasteiger partial charge in [-0.3, -0.25) is 0 Å². The minimum absolute atomic E-state index is 0.0199. The molecule has 2 aromatic carbocycles. The minimum Gasteiger partial charge on any atom is -0.493 e. The second-order valence-electron chi connectivity index (χ2n) is 4.75. The van der Waals surface area contributed by atoms with E-state index in [0.29, 0.717) is 17.1 Å². The van der Waals surface area contributed by atoms with Crippen LogP contribution < -0.4 is 14.2 Å². The van der Waals surface area contributed by atoms with Gasteiger partial charge in [0, 0.05) is 12.1 Å². The maximum Gasteiger partial charge on any atom is 0.336 e. The van der Waals surface area contributed by atoms with Gasteiger partial charge in [0.2, 0.25) is 0 Å². The average molecular weight is 334 g/mol. The molecule has 0 aromatic heterocycles. The maximum absolute atomic E-state index is 11.9. The first-order chi connectivity index (χ1) is 12.2. The minimum atomic E-state index is -0.576. The van der Waals surface area contributed by atoms with E-state index in [9.17, 15) is 4.79 Å². The number of ether oxygens (including phenoxy) is 3. The van der Waals surface area contributed by atoms with Crippen LogP contribution >= 0.6 is 0 Å². The topological polar surface area (TPSA) is 92.3 Å². The Morgan fingerprint density at radius 3 is 2.52 bits per heavy atom. The molecule has 2 rings (SSSR count). The van der Waals surface area contributed by atoms with Crippen LogP contribution in [-0.2, 0) is 4.79 Å². The number of carbonyl (C=O) groups is 1. The van der Waals surface area contributed by atoms with Crippen molar-refractivity contribution in [1.82, 2.24) is 0 Å². The zero-order chi connectivity index (χ0) is 18.1. The fraction of sp³-hybridized carbons (Fsp3) is 0.105. The van der Waals surface area contributed by atoms with Crippen molar-refractivity contribution < 1.29 is 19.0 Å². The van der Waals surface area contributed by atoms with Gasteiger partial charge in [0.15, 0.2) is 18.1 Å². The summed E-state index contributed by atoms with van der Waals surface area (Å²) in [7, 11) is 1.43. The van der Waals surface area contributed by atoms with E-state index in [1.165, 1.54) is 31.4 Å². The van der Waals surface area contributed by atoms with Crippen molar-refractivity contribution >= 4 is 12.0 Å². The Morgan fingerprint density at radius 1 is 1.12 bits per heavy atom. The van der Waals surface area contributed by atoms with Gasteiger partial charge in [-0.2, -0.15) is 10.5 Å². The maximum atomic E-state index is 11.9. The van der Waals surface area contributed by atoms with Crippen molar-refractivity contribution in [1.29, 1.82) is 10.5 Å². The molecule has 0 saturated carbocycles. The summed E-state index contributed by atoms with van der Waals surface area (Å²) in [5.74, 6) is 0.535. The predicted molar refractivity (Wildman–Crippen MR) is 89.9 cm³/mol. The zero-order valence-electron chi connectivity index (χ0n) is 13.4. The second-order valence-corrected chi connectivity index (χ2v) is 4.75. The summed E-state index contributed by atoms with van der Waals surface area (Å²) >= 11 is 0. The summed E-state index contributed by atoms with van der Waals surface area (Å²) in [5, 5.41) is 17.3. The molecular formula is C19H14N2O4. The lowest BCUT2D eigenvalue weighted by Crippen LogP contribution is -2.05. The van der Waals surface area contributed by atoms with Crippen LogP contribution in [0.3, 0.4) is 0 Å². The van der Waals surface area contributed by atoms with E-state index in [4.69, 9.17) is 24.7 Å². The molecular weight excluding hydrogens is 320 g/mol. The summed E-state index contributed by atoms with van der Waals surface area (Å²) in [4.78, 5) is 11.9. The Bertz CT molecular complexity index is 858. The van der Waals surface area contributed by atoms with Gasteiger partial charge in [-0.05, 0) is 35.9 Å². The standard InChI is InChI=1S/C19H14N2O4/c1-23-18-12-15(13-21)4-8-17(18)25-19(22)9-5-14-2-6-16(7-3-14)24-11-10-20/h2-9,12H,11H2,1H3/b9-5+. The molecule has 0 aliphatic carbocycles. The van der Waals surface area contributed by atoms with Gasteiger partial charge in [0.1, 0.15) is 11.8 Å². The number of rotatable bonds is 6. The molecule has 0 unspecified atom stereocenters. The Labute approximate surface area is 145 Å². The molecule has 0 atom stereocenters. The molecule has 25 heavy (non-hydrogen) atoms. The van der Waals surface area contributed by atoms with Crippen LogP contribution in [0.4, 0.5) is 0 Å². The Balaban J connectivity index is 2.01. The number of hydrogen-bond acceptors (Lipinski definition) is 6. The fourth-order valence-electron chi connectivity index (χ4n) is 1.92. The highest BCUT2D eigenvalue weighted by molar-refractivity contribution is 5.89. The van der Waals surface area contributed by atoms with E-state index >= 15 is 0 Å². The summed E-state index contributed by atoms with van der Waals surface area (Å²) in [5.41, 5.74) is 1.18.